The van der Waals surface area contributed by atoms with Gasteiger partial charge in [0, 0.05) is 5.57 Å². The van der Waals surface area contributed by atoms with Gasteiger partial charge in [0.25, 0.3) is 5.91 Å². The Labute approximate surface area is 123 Å². The van der Waals surface area contributed by atoms with Gasteiger partial charge >= 0.3 is 0 Å². The minimum Gasteiger partial charge on any atom is -0.274 e. The Morgan fingerprint density at radius 2 is 2.20 bits per heavy atom. The fourth-order valence-corrected chi connectivity index (χ4v) is 2.74. The highest BCUT2D eigenvalue weighted by atomic mass is 79.9. The number of pyridine rings is 1. The average molecular weight is 337 g/mol. The first-order valence-corrected chi connectivity index (χ1v) is 6.90. The molecule has 0 N–H and O–H groups in total. The van der Waals surface area contributed by atoms with E-state index in [9.17, 15) is 14.0 Å². The van der Waals surface area contributed by atoms with Crippen molar-refractivity contribution >= 4 is 27.7 Å². The van der Waals surface area contributed by atoms with E-state index >= 15 is 0 Å². The molecule has 1 unspecified atom stereocenters. The first-order chi connectivity index (χ1) is 9.58. The Morgan fingerprint density at radius 1 is 1.40 bits per heavy atom. The van der Waals surface area contributed by atoms with Crippen LogP contribution in [0.2, 0.25) is 0 Å². The number of halogens is 2. The number of carbonyl (C=O) groups excluding carboxylic acids is 2. The first kappa shape index (κ1) is 13.2. The molecule has 1 aliphatic carbocycles. The lowest BCUT2D eigenvalue weighted by Crippen LogP contribution is -2.31. The molecule has 0 spiro atoms. The average Bonchev–Trinajstić information content (AvgIpc) is 2.68. The SMILES string of the molecule is O=C1C2=CC=CCC2C(=O)N1Cc1nc(Br)ccc1F. The second-order valence-corrected chi connectivity index (χ2v) is 5.44. The molecule has 0 saturated carbocycles. The number of hydrogen-bond donors (Lipinski definition) is 0. The second-order valence-electron chi connectivity index (χ2n) is 4.63. The van der Waals surface area contributed by atoms with Crippen molar-refractivity contribution in [2.45, 2.75) is 13.0 Å². The Bertz CT molecular complexity index is 669. The van der Waals surface area contributed by atoms with Crippen molar-refractivity contribution in [1.82, 2.24) is 9.88 Å². The number of nitrogens with zero attached hydrogens (tertiary/aromatic N) is 2. The normalized spacial score (nSPS) is 21.2. The Balaban J connectivity index is 1.90. The van der Waals surface area contributed by atoms with E-state index in [0.29, 0.717) is 16.6 Å². The number of carbonyl (C=O) groups is 2. The molecule has 1 aliphatic heterocycles. The largest absolute Gasteiger partial charge is 0.274 e. The summed E-state index contributed by atoms with van der Waals surface area (Å²) in [5.41, 5.74) is 0.557. The van der Waals surface area contributed by atoms with Crippen LogP contribution >= 0.6 is 15.9 Å². The summed E-state index contributed by atoms with van der Waals surface area (Å²) in [6.45, 7) is -0.142. The highest BCUT2D eigenvalue weighted by Crippen LogP contribution is 2.32. The molecule has 1 fully saturated rings. The fraction of sp³-hybridized carbons (Fsp3) is 0.214. The molecule has 1 atom stereocenters. The molecule has 102 valence electrons. The Hall–Kier alpha value is -1.82. The predicted octanol–water partition coefficient (Wildman–Crippen LogP) is 2.35. The van der Waals surface area contributed by atoms with E-state index in [1.165, 1.54) is 12.1 Å². The van der Waals surface area contributed by atoms with Gasteiger partial charge in [-0.05, 0) is 34.5 Å². The van der Waals surface area contributed by atoms with Crippen LogP contribution in [0.15, 0.2) is 40.5 Å². The second kappa shape index (κ2) is 4.94. The number of hydrogen-bond acceptors (Lipinski definition) is 3. The van der Waals surface area contributed by atoms with Crippen LogP contribution in [-0.4, -0.2) is 21.7 Å². The van der Waals surface area contributed by atoms with Crippen molar-refractivity contribution in [3.05, 3.63) is 52.0 Å². The summed E-state index contributed by atoms with van der Waals surface area (Å²) in [6.07, 6.45) is 5.78. The molecular weight excluding hydrogens is 327 g/mol. The topological polar surface area (TPSA) is 50.3 Å². The third-order valence-corrected chi connectivity index (χ3v) is 3.85. The number of rotatable bonds is 2. The molecule has 6 heteroatoms. The van der Waals surface area contributed by atoms with Gasteiger partial charge in [0.2, 0.25) is 5.91 Å². The highest BCUT2D eigenvalue weighted by molar-refractivity contribution is 9.10. The molecule has 0 radical (unpaired) electrons. The molecule has 3 rings (SSSR count). The molecule has 0 aromatic carbocycles. The summed E-state index contributed by atoms with van der Waals surface area (Å²) in [5, 5.41) is 0. The monoisotopic (exact) mass is 336 g/mol. The maximum absolute atomic E-state index is 13.7. The van der Waals surface area contributed by atoms with E-state index in [1.807, 2.05) is 6.08 Å². The molecule has 1 saturated heterocycles. The van der Waals surface area contributed by atoms with E-state index in [-0.39, 0.29) is 24.1 Å². The maximum Gasteiger partial charge on any atom is 0.257 e. The van der Waals surface area contributed by atoms with E-state index in [1.54, 1.807) is 12.2 Å². The number of allylic oxidation sites excluding steroid dienone is 3. The molecule has 2 aliphatic rings. The lowest BCUT2D eigenvalue weighted by molar-refractivity contribution is -0.139. The van der Waals surface area contributed by atoms with Crippen molar-refractivity contribution in [2.24, 2.45) is 5.92 Å². The Kier molecular flexibility index (Phi) is 3.25. The fourth-order valence-electron chi connectivity index (χ4n) is 2.40. The van der Waals surface area contributed by atoms with Crippen LogP contribution in [0, 0.1) is 11.7 Å². The van der Waals surface area contributed by atoms with Gasteiger partial charge in [-0.1, -0.05) is 18.2 Å². The number of likely N-dealkylation sites (tertiary alicyclic amines) is 1. The van der Waals surface area contributed by atoms with Crippen LogP contribution < -0.4 is 0 Å². The van der Waals surface area contributed by atoms with Crippen molar-refractivity contribution in [3.63, 3.8) is 0 Å². The highest BCUT2D eigenvalue weighted by Gasteiger charge is 2.43. The predicted molar refractivity (Wildman–Crippen MR) is 72.8 cm³/mol. The lowest BCUT2D eigenvalue weighted by atomic mass is 9.94. The third-order valence-electron chi connectivity index (χ3n) is 3.41. The summed E-state index contributed by atoms with van der Waals surface area (Å²) in [4.78, 5) is 29.5. The van der Waals surface area contributed by atoms with Crippen molar-refractivity contribution in [3.8, 4) is 0 Å². The van der Waals surface area contributed by atoms with Crippen molar-refractivity contribution < 1.29 is 14.0 Å². The van der Waals surface area contributed by atoms with Gasteiger partial charge in [0.05, 0.1) is 18.2 Å². The standard InChI is InChI=1S/C14H10BrFN2O2/c15-12-6-5-10(16)11(17-12)7-18-13(19)8-3-1-2-4-9(8)14(18)20/h1-3,5-6,9H,4,7H2. The van der Waals surface area contributed by atoms with Crippen LogP contribution in [-0.2, 0) is 16.1 Å². The summed E-state index contributed by atoms with van der Waals surface area (Å²) in [5.74, 6) is -1.60. The molecule has 2 amide bonds. The summed E-state index contributed by atoms with van der Waals surface area (Å²) < 4.78 is 14.2. The van der Waals surface area contributed by atoms with Gasteiger partial charge in [-0.2, -0.15) is 0 Å². The zero-order chi connectivity index (χ0) is 14.3. The molecule has 2 heterocycles. The van der Waals surface area contributed by atoms with Crippen molar-refractivity contribution in [2.75, 3.05) is 0 Å². The third kappa shape index (κ3) is 2.10. The maximum atomic E-state index is 13.7. The number of amides is 2. The summed E-state index contributed by atoms with van der Waals surface area (Å²) in [7, 11) is 0. The first-order valence-electron chi connectivity index (χ1n) is 6.11. The summed E-state index contributed by atoms with van der Waals surface area (Å²) >= 11 is 3.15. The molecular formula is C14H10BrFN2O2. The van der Waals surface area contributed by atoms with Crippen LogP contribution in [0.1, 0.15) is 12.1 Å². The van der Waals surface area contributed by atoms with Gasteiger partial charge in [0.1, 0.15) is 10.4 Å². The zero-order valence-corrected chi connectivity index (χ0v) is 11.9. The molecule has 1 aromatic heterocycles. The van der Waals surface area contributed by atoms with Crippen molar-refractivity contribution in [1.29, 1.82) is 0 Å². The van der Waals surface area contributed by atoms with Gasteiger partial charge < -0.3 is 0 Å². The quantitative estimate of drug-likeness (QED) is 0.615. The molecule has 20 heavy (non-hydrogen) atoms. The van der Waals surface area contributed by atoms with Crippen LogP contribution in [0.3, 0.4) is 0 Å². The van der Waals surface area contributed by atoms with Gasteiger partial charge in [-0.25, -0.2) is 9.37 Å². The summed E-state index contributed by atoms with van der Waals surface area (Å²) in [6, 6.07) is 2.73. The zero-order valence-electron chi connectivity index (χ0n) is 10.3. The van der Waals surface area contributed by atoms with E-state index in [2.05, 4.69) is 20.9 Å². The number of aromatic nitrogens is 1. The van der Waals surface area contributed by atoms with E-state index in [0.717, 1.165) is 4.90 Å². The van der Waals surface area contributed by atoms with E-state index < -0.39 is 11.7 Å². The number of fused-ring (bicyclic) bond motifs is 1. The molecule has 4 nitrogen and oxygen atoms in total. The minimum absolute atomic E-state index is 0.0771. The smallest absolute Gasteiger partial charge is 0.257 e. The van der Waals surface area contributed by atoms with Gasteiger partial charge in [0.15, 0.2) is 0 Å². The minimum atomic E-state index is -0.532. The number of imide groups is 1. The molecule has 0 bridgehead atoms. The molecule has 1 aromatic rings. The van der Waals surface area contributed by atoms with Gasteiger partial charge in [-0.15, -0.1) is 0 Å². The Morgan fingerprint density at radius 3 is 2.95 bits per heavy atom. The van der Waals surface area contributed by atoms with E-state index in [4.69, 9.17) is 0 Å². The van der Waals surface area contributed by atoms with Crippen LogP contribution in [0.25, 0.3) is 0 Å². The van der Waals surface area contributed by atoms with Crippen LogP contribution in [0.4, 0.5) is 4.39 Å². The van der Waals surface area contributed by atoms with Crippen LogP contribution in [0.5, 0.6) is 0 Å². The van der Waals surface area contributed by atoms with Gasteiger partial charge in [-0.3, -0.25) is 14.5 Å². The lowest BCUT2D eigenvalue weighted by Gasteiger charge is -2.14.